The topological polar surface area (TPSA) is 49.4 Å². The van der Waals surface area contributed by atoms with Gasteiger partial charge in [0.25, 0.3) is 0 Å². The van der Waals surface area contributed by atoms with Crippen molar-refractivity contribution in [3.05, 3.63) is 35.6 Å². The van der Waals surface area contributed by atoms with E-state index in [1.807, 2.05) is 0 Å². The van der Waals surface area contributed by atoms with Crippen LogP contribution in [0.5, 0.6) is 0 Å². The molecule has 1 aliphatic heterocycles. The fraction of sp³-hybridized carbons (Fsp3) is 0.625. The Morgan fingerprint density at radius 1 is 1.26 bits per heavy atom. The van der Waals surface area contributed by atoms with E-state index in [-0.39, 0.29) is 35.9 Å². The molecule has 0 spiro atoms. The highest BCUT2D eigenvalue weighted by Crippen LogP contribution is 2.31. The van der Waals surface area contributed by atoms with E-state index in [0.717, 1.165) is 31.2 Å². The molecule has 0 aromatic heterocycles. The zero-order valence-electron chi connectivity index (χ0n) is 13.1. The first-order valence-electron chi connectivity index (χ1n) is 8.02. The summed E-state index contributed by atoms with van der Waals surface area (Å²) in [5.41, 5.74) is 0.724. The van der Waals surface area contributed by atoms with Crippen LogP contribution in [0.15, 0.2) is 24.3 Å². The zero-order valence-corrected chi connectivity index (χ0v) is 14.7. The van der Waals surface area contributed by atoms with E-state index >= 15 is 0 Å². The molecule has 2 fully saturated rings. The van der Waals surface area contributed by atoms with Gasteiger partial charge in [-0.25, -0.2) is 12.8 Å². The van der Waals surface area contributed by atoms with Crippen LogP contribution in [-0.4, -0.2) is 38.1 Å². The summed E-state index contributed by atoms with van der Waals surface area (Å²) >= 11 is 0. The number of nitrogens with zero attached hydrogens (tertiary/aromatic N) is 1. The Morgan fingerprint density at radius 2 is 2.00 bits per heavy atom. The minimum atomic E-state index is -3.31. The molecular weight excluding hydrogens is 339 g/mol. The summed E-state index contributed by atoms with van der Waals surface area (Å²) in [5.74, 6) is 0.197. The maximum atomic E-state index is 13.5. The van der Waals surface area contributed by atoms with Gasteiger partial charge in [0, 0.05) is 19.6 Å². The Balaban J connectivity index is 0.00000192. The number of rotatable bonds is 4. The molecule has 0 radical (unpaired) electrons. The van der Waals surface area contributed by atoms with E-state index in [1.54, 1.807) is 16.4 Å². The van der Waals surface area contributed by atoms with Gasteiger partial charge >= 0.3 is 0 Å². The SMILES string of the molecule is Cl.O=S(=O)(CC1CCCC1)N1CCNCC1c1cccc(F)c1. The predicted molar refractivity (Wildman–Crippen MR) is 91.7 cm³/mol. The Bertz CT molecular complexity index is 620. The molecule has 2 aliphatic rings. The van der Waals surface area contributed by atoms with Crippen molar-refractivity contribution in [2.45, 2.75) is 31.7 Å². The fourth-order valence-corrected chi connectivity index (χ4v) is 5.66. The van der Waals surface area contributed by atoms with Crippen LogP contribution >= 0.6 is 12.4 Å². The second kappa shape index (κ2) is 7.92. The fourth-order valence-electron chi connectivity index (χ4n) is 3.59. The van der Waals surface area contributed by atoms with Crippen molar-refractivity contribution in [2.24, 2.45) is 5.92 Å². The molecule has 0 bridgehead atoms. The number of hydrogen-bond acceptors (Lipinski definition) is 3. The number of sulfonamides is 1. The van der Waals surface area contributed by atoms with Crippen molar-refractivity contribution in [1.29, 1.82) is 0 Å². The number of nitrogens with one attached hydrogen (secondary N) is 1. The van der Waals surface area contributed by atoms with Crippen molar-refractivity contribution in [3.63, 3.8) is 0 Å². The molecule has 1 N–H and O–H groups in total. The molecule has 3 rings (SSSR count). The predicted octanol–water partition coefficient (Wildman–Crippen LogP) is 2.71. The quantitative estimate of drug-likeness (QED) is 0.895. The van der Waals surface area contributed by atoms with E-state index in [1.165, 1.54) is 12.1 Å². The highest BCUT2D eigenvalue weighted by molar-refractivity contribution is 7.89. The summed E-state index contributed by atoms with van der Waals surface area (Å²) in [4.78, 5) is 0. The van der Waals surface area contributed by atoms with Crippen LogP contribution in [0.1, 0.15) is 37.3 Å². The van der Waals surface area contributed by atoms with Crippen molar-refractivity contribution in [2.75, 3.05) is 25.4 Å². The summed E-state index contributed by atoms with van der Waals surface area (Å²) in [7, 11) is -3.31. The van der Waals surface area contributed by atoms with Crippen LogP contribution in [0.3, 0.4) is 0 Å². The largest absolute Gasteiger partial charge is 0.313 e. The summed E-state index contributed by atoms with van der Waals surface area (Å²) in [6.07, 6.45) is 4.29. The number of halogens is 2. The lowest BCUT2D eigenvalue weighted by atomic mass is 10.1. The van der Waals surface area contributed by atoms with Crippen LogP contribution in [0.25, 0.3) is 0 Å². The number of piperazine rings is 1. The molecular formula is C16H24ClFN2O2S. The van der Waals surface area contributed by atoms with Gasteiger partial charge in [0.2, 0.25) is 10.0 Å². The van der Waals surface area contributed by atoms with Crippen molar-refractivity contribution >= 4 is 22.4 Å². The lowest BCUT2D eigenvalue weighted by Crippen LogP contribution is -2.49. The van der Waals surface area contributed by atoms with Gasteiger partial charge in [0.05, 0.1) is 11.8 Å². The molecule has 1 saturated heterocycles. The van der Waals surface area contributed by atoms with Gasteiger partial charge in [0.1, 0.15) is 5.82 Å². The average Bonchev–Trinajstić information content (AvgIpc) is 2.99. The molecule has 1 unspecified atom stereocenters. The van der Waals surface area contributed by atoms with Gasteiger partial charge in [-0.2, -0.15) is 4.31 Å². The normalized spacial score (nSPS) is 23.6. The first-order chi connectivity index (χ1) is 10.6. The summed E-state index contributed by atoms with van der Waals surface area (Å²) in [6, 6.07) is 5.96. The van der Waals surface area contributed by atoms with Gasteiger partial charge < -0.3 is 5.32 Å². The molecule has 1 saturated carbocycles. The first-order valence-corrected chi connectivity index (χ1v) is 9.63. The second-order valence-electron chi connectivity index (χ2n) is 6.31. The minimum absolute atomic E-state index is 0. The second-order valence-corrected chi connectivity index (χ2v) is 8.28. The van der Waals surface area contributed by atoms with Crippen LogP contribution in [-0.2, 0) is 10.0 Å². The third kappa shape index (κ3) is 4.44. The van der Waals surface area contributed by atoms with E-state index in [0.29, 0.717) is 19.6 Å². The number of benzene rings is 1. The smallest absolute Gasteiger partial charge is 0.215 e. The monoisotopic (exact) mass is 362 g/mol. The lowest BCUT2D eigenvalue weighted by molar-refractivity contribution is 0.269. The Labute approximate surface area is 143 Å². The molecule has 1 atom stereocenters. The van der Waals surface area contributed by atoms with E-state index in [2.05, 4.69) is 5.32 Å². The molecule has 4 nitrogen and oxygen atoms in total. The molecule has 7 heteroatoms. The summed E-state index contributed by atoms with van der Waals surface area (Å²) < 4.78 is 40.7. The highest BCUT2D eigenvalue weighted by Gasteiger charge is 2.35. The van der Waals surface area contributed by atoms with E-state index < -0.39 is 10.0 Å². The summed E-state index contributed by atoms with van der Waals surface area (Å²) in [5, 5.41) is 3.22. The van der Waals surface area contributed by atoms with Crippen molar-refractivity contribution < 1.29 is 12.8 Å². The Morgan fingerprint density at radius 3 is 2.70 bits per heavy atom. The van der Waals surface area contributed by atoms with E-state index in [9.17, 15) is 12.8 Å². The van der Waals surface area contributed by atoms with Gasteiger partial charge in [-0.05, 0) is 36.5 Å². The van der Waals surface area contributed by atoms with Gasteiger partial charge in [-0.1, -0.05) is 25.0 Å². The zero-order chi connectivity index (χ0) is 15.6. The molecule has 130 valence electrons. The highest BCUT2D eigenvalue weighted by atomic mass is 35.5. The van der Waals surface area contributed by atoms with Crippen LogP contribution in [0.4, 0.5) is 4.39 Å². The molecule has 1 aromatic rings. The van der Waals surface area contributed by atoms with Crippen molar-refractivity contribution in [1.82, 2.24) is 9.62 Å². The van der Waals surface area contributed by atoms with Gasteiger partial charge in [-0.15, -0.1) is 12.4 Å². The maximum Gasteiger partial charge on any atom is 0.215 e. The average molecular weight is 363 g/mol. The van der Waals surface area contributed by atoms with Crippen LogP contribution in [0, 0.1) is 11.7 Å². The molecule has 0 amide bonds. The molecule has 1 aromatic carbocycles. The van der Waals surface area contributed by atoms with Crippen molar-refractivity contribution in [3.8, 4) is 0 Å². The molecule has 23 heavy (non-hydrogen) atoms. The molecule has 1 heterocycles. The van der Waals surface area contributed by atoms with Crippen LogP contribution < -0.4 is 5.32 Å². The summed E-state index contributed by atoms with van der Waals surface area (Å²) in [6.45, 7) is 1.64. The van der Waals surface area contributed by atoms with Gasteiger partial charge in [0.15, 0.2) is 0 Å². The minimum Gasteiger partial charge on any atom is -0.313 e. The Hall–Kier alpha value is -0.690. The number of hydrogen-bond donors (Lipinski definition) is 1. The molecule has 1 aliphatic carbocycles. The van der Waals surface area contributed by atoms with Gasteiger partial charge in [-0.3, -0.25) is 0 Å². The Kier molecular flexibility index (Phi) is 6.42. The standard InChI is InChI=1S/C16H23FN2O2S.ClH/c17-15-7-3-6-14(10-15)16-11-18-8-9-19(16)22(20,21)12-13-4-1-2-5-13;/h3,6-7,10,13,16,18H,1-2,4-5,8-9,11-12H2;1H. The van der Waals surface area contributed by atoms with E-state index in [4.69, 9.17) is 0 Å². The maximum absolute atomic E-state index is 13.5. The van der Waals surface area contributed by atoms with Crippen LogP contribution in [0.2, 0.25) is 0 Å². The lowest BCUT2D eigenvalue weighted by Gasteiger charge is -2.36. The third-order valence-electron chi connectivity index (χ3n) is 4.71. The first kappa shape index (κ1) is 18.6. The third-order valence-corrected chi connectivity index (χ3v) is 6.75.